The molecule has 3 saturated heterocycles. The molecule has 2 amide bonds. The Hall–Kier alpha value is -6.19. The Labute approximate surface area is 463 Å². The lowest BCUT2D eigenvalue weighted by atomic mass is 9.79. The van der Waals surface area contributed by atoms with Crippen LogP contribution in [0, 0.1) is 47.4 Å². The number of hydrogen-bond donors (Lipinski definition) is 1. The highest BCUT2D eigenvalue weighted by Gasteiger charge is 2.68. The molecule has 4 aromatic rings. The minimum Gasteiger partial charge on any atom is -0.379 e. The second kappa shape index (κ2) is 24.6. The monoisotopic (exact) mass is 1320 g/mol. The van der Waals surface area contributed by atoms with Gasteiger partial charge in [0.05, 0.1) is 66.8 Å². The van der Waals surface area contributed by atoms with Gasteiger partial charge in [0.2, 0.25) is 5.66 Å². The number of nitriles is 2. The Morgan fingerprint density at radius 3 is 1.84 bits per heavy atom. The lowest BCUT2D eigenvalue weighted by molar-refractivity contribution is -0.140. The van der Waals surface area contributed by atoms with Crippen molar-refractivity contribution in [1.82, 2.24) is 9.80 Å². The molecule has 5 aliphatic rings. The number of nitrogens with zero attached hydrogens (tertiary/aromatic N) is 9. The molecule has 408 valence electrons. The first-order valence-electron chi connectivity index (χ1n) is 23.1. The second-order valence-corrected chi connectivity index (χ2v) is 21.3. The van der Waals surface area contributed by atoms with Crippen LogP contribution in [0.25, 0.3) is 0 Å². The molecule has 17 nitrogen and oxygen atoms in total. The maximum atomic E-state index is 14.4. The largest absolute Gasteiger partial charge is 0.471 e. The first kappa shape index (κ1) is 58.5. The first-order chi connectivity index (χ1) is 36.5. The van der Waals surface area contributed by atoms with E-state index in [-0.39, 0.29) is 62.1 Å². The summed E-state index contributed by atoms with van der Waals surface area (Å²) in [6, 6.07) is 24.6. The third kappa shape index (κ3) is 13.7. The number of morpholine rings is 2. The van der Waals surface area contributed by atoms with Crippen LogP contribution in [-0.2, 0) is 33.4 Å². The standard InChI is InChI=1S/C24H20F4IN5O2.C15H17IN2O2.C10H7F4N3O3S/c25-20-6-5-18(13-15(20)14-30)34-23(32-9-11-36-12-10-32)19(21(31-34)24(26,27)28)7-8-33(22(23)35)17-3-1-16(29)2-4-17;16-12-3-5-13(6-4-12)18-7-1-2-14(15(18)19)17-8-10-20-11-9-17;1-21(18,19)20-9(10(12,13)14)17-16-7-2-3-8(11)6(4-7)5-15/h1-6,13,19H,7-12H2;2-6H,1,7-11H2;2-4,16H,1H3/b;;17-9-/t19-,23+;;/m0../s1. The number of benzene rings is 4. The molecule has 5 heterocycles. The van der Waals surface area contributed by atoms with Crippen LogP contribution < -0.4 is 20.2 Å². The van der Waals surface area contributed by atoms with E-state index in [1.807, 2.05) is 46.7 Å². The Morgan fingerprint density at radius 2 is 1.30 bits per heavy atom. The molecule has 0 aliphatic carbocycles. The number of hydrazone groups is 2. The minimum atomic E-state index is -5.16. The van der Waals surface area contributed by atoms with Crippen molar-refractivity contribution in [3.8, 4) is 12.1 Å². The van der Waals surface area contributed by atoms with Gasteiger partial charge in [0.15, 0.2) is 0 Å². The average Bonchev–Trinajstić information content (AvgIpc) is 3.94. The van der Waals surface area contributed by atoms with Crippen LogP contribution in [0.15, 0.2) is 107 Å². The Bertz CT molecular complexity index is 3130. The van der Waals surface area contributed by atoms with Gasteiger partial charge < -0.3 is 28.4 Å². The molecule has 3 fully saturated rings. The van der Waals surface area contributed by atoms with Crippen molar-refractivity contribution < 1.29 is 66.8 Å². The van der Waals surface area contributed by atoms with E-state index in [0.717, 1.165) is 76.4 Å². The van der Waals surface area contributed by atoms with E-state index in [4.69, 9.17) is 14.7 Å². The summed E-state index contributed by atoms with van der Waals surface area (Å²) in [5, 5.41) is 25.7. The molecular formula is C49H44F8I2N10O7S. The summed E-state index contributed by atoms with van der Waals surface area (Å²) >= 11 is 4.41. The summed E-state index contributed by atoms with van der Waals surface area (Å²) in [4.78, 5) is 34.3. The van der Waals surface area contributed by atoms with Crippen molar-refractivity contribution in [1.29, 1.82) is 10.5 Å². The number of fused-ring (bicyclic) bond motifs is 1. The van der Waals surface area contributed by atoms with Gasteiger partial charge in [-0.05, 0) is 143 Å². The zero-order valence-corrected chi connectivity index (χ0v) is 45.4. The second-order valence-electron chi connectivity index (χ2n) is 17.2. The number of amides is 2. The maximum Gasteiger partial charge on any atom is 0.471 e. The van der Waals surface area contributed by atoms with Crippen LogP contribution in [0.1, 0.15) is 24.0 Å². The SMILES string of the molecule is CS(=O)(=O)O/C(=N\Nc1ccc(F)c(C#N)c1)C(F)(F)F.N#Cc1cc(N2N=C(C(F)(F)F)[C@@H]3CCN(c4ccc(I)cc4)C(=O)[C@@]32N2CCOCC2)ccc1F.O=C1C(N2CCOCC2)=CCCN1c1ccc(I)cc1. The molecular weight excluding hydrogens is 1280 g/mol. The summed E-state index contributed by atoms with van der Waals surface area (Å²) in [5.41, 5.74) is 0.378. The number of halogens is 10. The van der Waals surface area contributed by atoms with Gasteiger partial charge in [-0.2, -0.15) is 50.4 Å². The van der Waals surface area contributed by atoms with Crippen LogP contribution >= 0.6 is 45.2 Å². The topological polar surface area (TPSA) is 196 Å². The van der Waals surface area contributed by atoms with Gasteiger partial charge in [0, 0.05) is 57.8 Å². The maximum absolute atomic E-state index is 14.4. The molecule has 5 aliphatic heterocycles. The highest BCUT2D eigenvalue weighted by molar-refractivity contribution is 14.1. The molecule has 77 heavy (non-hydrogen) atoms. The number of carbonyl (C=O) groups is 2. The quantitative estimate of drug-likeness (QED) is 0.0442. The molecule has 0 aromatic heterocycles. The zero-order valence-electron chi connectivity index (χ0n) is 40.3. The van der Waals surface area contributed by atoms with Crippen LogP contribution in [-0.4, -0.2) is 132 Å². The molecule has 1 N–H and O–H groups in total. The fourth-order valence-electron chi connectivity index (χ4n) is 8.89. The van der Waals surface area contributed by atoms with Crippen molar-refractivity contribution in [2.24, 2.45) is 16.1 Å². The van der Waals surface area contributed by atoms with E-state index in [1.165, 1.54) is 20.6 Å². The van der Waals surface area contributed by atoms with Gasteiger partial charge in [-0.3, -0.25) is 19.9 Å². The summed E-state index contributed by atoms with van der Waals surface area (Å²) in [7, 11) is -4.43. The average molecular weight is 1320 g/mol. The van der Waals surface area contributed by atoms with Crippen molar-refractivity contribution >= 4 is 101 Å². The van der Waals surface area contributed by atoms with E-state index in [0.29, 0.717) is 25.2 Å². The molecule has 0 radical (unpaired) electrons. The minimum absolute atomic E-state index is 0.0101. The highest BCUT2D eigenvalue weighted by atomic mass is 127. The first-order valence-corrected chi connectivity index (χ1v) is 27.1. The van der Waals surface area contributed by atoms with Gasteiger partial charge in [-0.25, -0.2) is 13.8 Å². The molecule has 2 atom stereocenters. The van der Waals surface area contributed by atoms with E-state index in [1.54, 1.807) is 23.1 Å². The van der Waals surface area contributed by atoms with Gasteiger partial charge in [-0.1, -0.05) is 6.08 Å². The zero-order chi connectivity index (χ0) is 55.9. The number of alkyl halides is 6. The van der Waals surface area contributed by atoms with Crippen molar-refractivity contribution in [2.75, 3.05) is 92.2 Å². The molecule has 4 aromatic carbocycles. The fraction of sp³-hybridized carbons (Fsp3) is 0.347. The Balaban J connectivity index is 0.000000180. The predicted octanol–water partition coefficient (Wildman–Crippen LogP) is 8.33. The number of carbonyl (C=O) groups excluding carboxylic acids is 2. The fourth-order valence-corrected chi connectivity index (χ4v) is 10.0. The van der Waals surface area contributed by atoms with Crippen LogP contribution in [0.2, 0.25) is 0 Å². The normalized spacial score (nSPS) is 20.3. The number of ether oxygens (including phenoxy) is 2. The number of piperidine rings is 1. The molecule has 0 bridgehead atoms. The summed E-state index contributed by atoms with van der Waals surface area (Å²) in [6.07, 6.45) is -6.55. The van der Waals surface area contributed by atoms with Crippen LogP contribution in [0.5, 0.6) is 0 Å². The molecule has 0 saturated carbocycles. The van der Waals surface area contributed by atoms with Gasteiger partial charge in [-0.15, -0.1) is 5.10 Å². The molecule has 9 rings (SSSR count). The summed E-state index contributed by atoms with van der Waals surface area (Å²) in [6.45, 7) is 4.71. The third-order valence-corrected chi connectivity index (χ3v) is 14.2. The summed E-state index contributed by atoms with van der Waals surface area (Å²) < 4.78 is 146. The number of hydrogen-bond acceptors (Lipinski definition) is 15. The van der Waals surface area contributed by atoms with Crippen LogP contribution in [0.4, 0.5) is 57.9 Å². The lowest BCUT2D eigenvalue weighted by Gasteiger charge is -2.53. The van der Waals surface area contributed by atoms with E-state index < -0.39 is 68.8 Å². The molecule has 28 heteroatoms. The van der Waals surface area contributed by atoms with Crippen LogP contribution in [0.3, 0.4) is 0 Å². The lowest BCUT2D eigenvalue weighted by Crippen LogP contribution is -2.74. The van der Waals surface area contributed by atoms with Crippen molar-refractivity contribution in [3.05, 3.63) is 127 Å². The molecule has 0 unspecified atom stereocenters. The van der Waals surface area contributed by atoms with E-state index in [9.17, 15) is 58.4 Å². The molecule has 0 spiro atoms. The van der Waals surface area contributed by atoms with Crippen molar-refractivity contribution in [3.63, 3.8) is 0 Å². The number of anilines is 4. The highest BCUT2D eigenvalue weighted by Crippen LogP contribution is 2.49. The predicted molar refractivity (Wildman–Crippen MR) is 283 cm³/mol. The third-order valence-electron chi connectivity index (χ3n) is 12.3. The van der Waals surface area contributed by atoms with E-state index in [2.05, 4.69) is 70.5 Å². The van der Waals surface area contributed by atoms with Gasteiger partial charge >= 0.3 is 28.4 Å². The Kier molecular flexibility index (Phi) is 18.7. The Morgan fingerprint density at radius 1 is 0.766 bits per heavy atom. The van der Waals surface area contributed by atoms with Gasteiger partial charge in [0.25, 0.3) is 11.8 Å². The van der Waals surface area contributed by atoms with Gasteiger partial charge in [0.1, 0.15) is 29.5 Å². The van der Waals surface area contributed by atoms with Crippen molar-refractivity contribution in [2.45, 2.75) is 30.9 Å². The summed E-state index contributed by atoms with van der Waals surface area (Å²) in [5.74, 6) is -5.47. The number of nitrogens with one attached hydrogen (secondary N) is 1. The number of rotatable bonds is 8. The van der Waals surface area contributed by atoms with E-state index >= 15 is 0 Å². The smallest absolute Gasteiger partial charge is 0.379 e.